The zero-order chi connectivity index (χ0) is 11.8. The molecule has 0 aromatic carbocycles. The lowest BCUT2D eigenvalue weighted by molar-refractivity contribution is 0.204. The lowest BCUT2D eigenvalue weighted by atomic mass is 10.3. The first-order valence-electron chi connectivity index (χ1n) is 5.30. The van der Waals surface area contributed by atoms with Crippen molar-refractivity contribution in [3.05, 3.63) is 30.1 Å². The van der Waals surface area contributed by atoms with E-state index >= 15 is 0 Å². The van der Waals surface area contributed by atoms with Crippen molar-refractivity contribution in [1.29, 1.82) is 0 Å². The molecule has 1 aromatic heterocycles. The number of guanidine groups is 1. The first kappa shape index (κ1) is 16.1. The van der Waals surface area contributed by atoms with Crippen LogP contribution in [0.1, 0.15) is 12.6 Å². The number of nitrogens with one attached hydrogen (secondary N) is 1. The van der Waals surface area contributed by atoms with E-state index in [1.807, 2.05) is 18.2 Å². The van der Waals surface area contributed by atoms with Crippen molar-refractivity contribution < 1.29 is 5.11 Å². The molecule has 17 heavy (non-hydrogen) atoms. The van der Waals surface area contributed by atoms with Gasteiger partial charge in [0.05, 0.1) is 12.6 Å². The minimum Gasteiger partial charge on any atom is -0.391 e. The first-order chi connectivity index (χ1) is 7.68. The zero-order valence-electron chi connectivity index (χ0n) is 9.84. The van der Waals surface area contributed by atoms with Gasteiger partial charge in [0.2, 0.25) is 0 Å². The van der Waals surface area contributed by atoms with Gasteiger partial charge in [-0.2, -0.15) is 0 Å². The molecule has 1 aromatic rings. The average molecular weight is 350 g/mol. The van der Waals surface area contributed by atoms with Gasteiger partial charge in [0, 0.05) is 24.9 Å². The average Bonchev–Trinajstić information content (AvgIpc) is 2.28. The molecule has 4 N–H and O–H groups in total. The third kappa shape index (κ3) is 7.92. The number of hydrogen-bond acceptors (Lipinski definition) is 3. The van der Waals surface area contributed by atoms with Gasteiger partial charge in [0.1, 0.15) is 0 Å². The topological polar surface area (TPSA) is 83.5 Å². The molecule has 1 atom stereocenters. The van der Waals surface area contributed by atoms with E-state index in [0.717, 1.165) is 12.1 Å². The number of rotatable bonds is 5. The van der Waals surface area contributed by atoms with Gasteiger partial charge in [-0.15, -0.1) is 24.0 Å². The van der Waals surface area contributed by atoms with E-state index in [4.69, 9.17) is 10.8 Å². The number of aliphatic hydroxyl groups excluding tert-OH is 1. The number of aliphatic imine (C=N–C) groups is 1. The van der Waals surface area contributed by atoms with Gasteiger partial charge in [0.25, 0.3) is 0 Å². The van der Waals surface area contributed by atoms with Crippen molar-refractivity contribution >= 4 is 29.9 Å². The number of nitrogens with two attached hydrogens (primary N) is 1. The minimum absolute atomic E-state index is 0. The molecule has 0 aliphatic carbocycles. The van der Waals surface area contributed by atoms with Crippen LogP contribution in [-0.4, -0.2) is 35.2 Å². The molecular formula is C11H19IN4O. The molecule has 0 amide bonds. The van der Waals surface area contributed by atoms with Crippen LogP contribution in [0.25, 0.3) is 0 Å². The van der Waals surface area contributed by atoms with Gasteiger partial charge >= 0.3 is 0 Å². The van der Waals surface area contributed by atoms with E-state index in [2.05, 4.69) is 15.3 Å². The number of halogens is 1. The highest BCUT2D eigenvalue weighted by molar-refractivity contribution is 14.0. The van der Waals surface area contributed by atoms with Crippen molar-refractivity contribution in [2.75, 3.05) is 13.1 Å². The molecule has 1 rings (SSSR count). The lowest BCUT2D eigenvalue weighted by Gasteiger charge is -2.05. The molecule has 5 nitrogen and oxygen atoms in total. The van der Waals surface area contributed by atoms with Crippen molar-refractivity contribution in [3.63, 3.8) is 0 Å². The first-order valence-corrected chi connectivity index (χ1v) is 5.30. The highest BCUT2D eigenvalue weighted by atomic mass is 127. The summed E-state index contributed by atoms with van der Waals surface area (Å²) in [5, 5.41) is 12.0. The maximum Gasteiger partial charge on any atom is 0.188 e. The Morgan fingerprint density at radius 1 is 1.59 bits per heavy atom. The molecular weight excluding hydrogens is 331 g/mol. The summed E-state index contributed by atoms with van der Waals surface area (Å²) in [4.78, 5) is 8.16. The SMILES string of the molecule is CC(O)CN=C(N)NCCc1ccccn1.I. The van der Waals surface area contributed by atoms with Crippen LogP contribution in [-0.2, 0) is 6.42 Å². The Balaban J connectivity index is 0.00000256. The van der Waals surface area contributed by atoms with Crippen LogP contribution in [0.5, 0.6) is 0 Å². The zero-order valence-corrected chi connectivity index (χ0v) is 12.2. The third-order valence-electron chi connectivity index (χ3n) is 1.94. The molecule has 0 aliphatic heterocycles. The predicted octanol–water partition coefficient (Wildman–Crippen LogP) is 0.527. The van der Waals surface area contributed by atoms with Gasteiger partial charge in [-0.3, -0.25) is 9.98 Å². The van der Waals surface area contributed by atoms with Crippen LogP contribution in [0, 0.1) is 0 Å². The van der Waals surface area contributed by atoms with Crippen LogP contribution in [0.3, 0.4) is 0 Å². The quantitative estimate of drug-likeness (QED) is 0.411. The van der Waals surface area contributed by atoms with E-state index in [9.17, 15) is 0 Å². The molecule has 6 heteroatoms. The summed E-state index contributed by atoms with van der Waals surface area (Å²) in [7, 11) is 0. The predicted molar refractivity (Wildman–Crippen MR) is 79.5 cm³/mol. The molecule has 96 valence electrons. The Morgan fingerprint density at radius 3 is 2.94 bits per heavy atom. The van der Waals surface area contributed by atoms with E-state index < -0.39 is 6.10 Å². The van der Waals surface area contributed by atoms with Crippen LogP contribution in [0.2, 0.25) is 0 Å². The summed E-state index contributed by atoms with van der Waals surface area (Å²) in [5.74, 6) is 0.358. The fourth-order valence-electron chi connectivity index (χ4n) is 1.15. The highest BCUT2D eigenvalue weighted by Crippen LogP contribution is 1.92. The standard InChI is InChI=1S/C11H18N4O.HI/c1-9(16)8-15-11(12)14-7-5-10-4-2-3-6-13-10;/h2-4,6,9,16H,5,7-8H2,1H3,(H3,12,14,15);1H. The number of nitrogens with zero attached hydrogens (tertiary/aromatic N) is 2. The number of hydrogen-bond donors (Lipinski definition) is 3. The normalized spacial score (nSPS) is 12.7. The number of aliphatic hydroxyl groups is 1. The molecule has 0 radical (unpaired) electrons. The molecule has 1 heterocycles. The van der Waals surface area contributed by atoms with E-state index in [0.29, 0.717) is 19.0 Å². The Morgan fingerprint density at radius 2 is 2.35 bits per heavy atom. The van der Waals surface area contributed by atoms with Crippen LogP contribution in [0.15, 0.2) is 29.4 Å². The summed E-state index contributed by atoms with van der Waals surface area (Å²) in [6.45, 7) is 2.68. The number of pyridine rings is 1. The Hall–Kier alpha value is -0.890. The highest BCUT2D eigenvalue weighted by Gasteiger charge is 1.96. The molecule has 0 saturated heterocycles. The van der Waals surface area contributed by atoms with Crippen LogP contribution in [0.4, 0.5) is 0 Å². The summed E-state index contributed by atoms with van der Waals surface area (Å²) >= 11 is 0. The largest absolute Gasteiger partial charge is 0.391 e. The van der Waals surface area contributed by atoms with Crippen molar-refractivity contribution in [2.24, 2.45) is 10.7 Å². The summed E-state index contributed by atoms with van der Waals surface area (Å²) < 4.78 is 0. The van der Waals surface area contributed by atoms with E-state index in [-0.39, 0.29) is 24.0 Å². The Labute approximate surface area is 119 Å². The maximum absolute atomic E-state index is 9.00. The molecule has 1 unspecified atom stereocenters. The van der Waals surface area contributed by atoms with Crippen molar-refractivity contribution in [3.8, 4) is 0 Å². The Bertz CT molecular complexity index is 330. The fourth-order valence-corrected chi connectivity index (χ4v) is 1.15. The smallest absolute Gasteiger partial charge is 0.188 e. The summed E-state index contributed by atoms with van der Waals surface area (Å²) in [5.41, 5.74) is 6.61. The summed E-state index contributed by atoms with van der Waals surface area (Å²) in [6, 6.07) is 5.80. The molecule has 0 spiro atoms. The molecule has 0 bridgehead atoms. The second-order valence-corrected chi connectivity index (χ2v) is 3.57. The molecule has 0 fully saturated rings. The lowest BCUT2D eigenvalue weighted by Crippen LogP contribution is -2.34. The van der Waals surface area contributed by atoms with E-state index in [1.54, 1.807) is 13.1 Å². The van der Waals surface area contributed by atoms with Gasteiger partial charge in [0.15, 0.2) is 5.96 Å². The van der Waals surface area contributed by atoms with Gasteiger partial charge in [-0.25, -0.2) is 0 Å². The minimum atomic E-state index is -0.462. The van der Waals surface area contributed by atoms with Gasteiger partial charge in [-0.05, 0) is 19.1 Å². The second kappa shape index (κ2) is 9.17. The van der Waals surface area contributed by atoms with Crippen molar-refractivity contribution in [2.45, 2.75) is 19.4 Å². The third-order valence-corrected chi connectivity index (χ3v) is 1.94. The number of aromatic nitrogens is 1. The van der Waals surface area contributed by atoms with Gasteiger partial charge < -0.3 is 16.2 Å². The van der Waals surface area contributed by atoms with Crippen LogP contribution < -0.4 is 11.1 Å². The molecule has 0 aliphatic rings. The van der Waals surface area contributed by atoms with E-state index in [1.165, 1.54) is 0 Å². The van der Waals surface area contributed by atoms with Gasteiger partial charge in [-0.1, -0.05) is 6.07 Å². The monoisotopic (exact) mass is 350 g/mol. The second-order valence-electron chi connectivity index (χ2n) is 3.57. The molecule has 0 saturated carbocycles. The summed E-state index contributed by atoms with van der Waals surface area (Å²) in [6.07, 6.45) is 2.10. The van der Waals surface area contributed by atoms with Crippen molar-refractivity contribution in [1.82, 2.24) is 10.3 Å². The fraction of sp³-hybridized carbons (Fsp3) is 0.455. The van der Waals surface area contributed by atoms with Crippen LogP contribution >= 0.6 is 24.0 Å². The Kier molecular flexibility index (Phi) is 8.69. The maximum atomic E-state index is 9.00.